The Hall–Kier alpha value is -3.68. The van der Waals surface area contributed by atoms with Gasteiger partial charge in [0.05, 0.1) is 12.2 Å². The number of aryl methyl sites for hydroxylation is 2. The number of para-hydroxylation sites is 2. The van der Waals surface area contributed by atoms with Crippen molar-refractivity contribution in [2.45, 2.75) is 32.8 Å². The minimum absolute atomic E-state index is 0.00291. The molecule has 1 heterocycles. The molecule has 200 valence electrons. The summed E-state index contributed by atoms with van der Waals surface area (Å²) in [6.45, 7) is 7.75. The van der Waals surface area contributed by atoms with Crippen LogP contribution in [-0.2, 0) is 9.53 Å². The Morgan fingerprint density at radius 2 is 1.55 bits per heavy atom. The van der Waals surface area contributed by atoms with E-state index in [1.807, 2.05) is 98.6 Å². The molecule has 0 saturated carbocycles. The standard InChI is InChI=1S/C31H38N4O3/c1-23-10-9-11-24(2)30(23)33-29(36)22-34(3)20-21-35-18-16-26(17-19-35)38-31(37)32-28-15-8-7-14-27(28)25-12-5-4-6-13-25/h4-15,26H,16-22H2,1-3H3,(H,32,37)(H,33,36). The molecule has 0 atom stereocenters. The number of carbonyl (C=O) groups excluding carboxylic acids is 2. The molecule has 3 aromatic rings. The van der Waals surface area contributed by atoms with Gasteiger partial charge in [0, 0.05) is 37.4 Å². The lowest BCUT2D eigenvalue weighted by Crippen LogP contribution is -2.42. The number of likely N-dealkylation sites (tertiary alicyclic amines) is 1. The van der Waals surface area contributed by atoms with Gasteiger partial charge in [0.15, 0.2) is 0 Å². The highest BCUT2D eigenvalue weighted by atomic mass is 16.6. The van der Waals surface area contributed by atoms with Crippen LogP contribution in [0, 0.1) is 13.8 Å². The highest BCUT2D eigenvalue weighted by molar-refractivity contribution is 5.94. The van der Waals surface area contributed by atoms with E-state index < -0.39 is 6.09 Å². The number of piperidine rings is 1. The van der Waals surface area contributed by atoms with Crippen LogP contribution < -0.4 is 10.6 Å². The topological polar surface area (TPSA) is 73.9 Å². The molecule has 0 spiro atoms. The van der Waals surface area contributed by atoms with E-state index in [1.54, 1.807) is 0 Å². The summed E-state index contributed by atoms with van der Waals surface area (Å²) >= 11 is 0. The number of nitrogens with zero attached hydrogens (tertiary/aromatic N) is 2. The number of anilines is 2. The summed E-state index contributed by atoms with van der Waals surface area (Å²) in [5.41, 5.74) is 5.79. The number of amides is 2. The molecule has 0 radical (unpaired) electrons. The van der Waals surface area contributed by atoms with Gasteiger partial charge in [-0.1, -0.05) is 66.7 Å². The molecule has 1 aliphatic heterocycles. The molecular weight excluding hydrogens is 476 g/mol. The lowest BCUT2D eigenvalue weighted by molar-refractivity contribution is -0.117. The Morgan fingerprint density at radius 3 is 2.26 bits per heavy atom. The summed E-state index contributed by atoms with van der Waals surface area (Å²) in [6.07, 6.45) is 1.08. The maximum absolute atomic E-state index is 12.6. The molecule has 1 fully saturated rings. The van der Waals surface area contributed by atoms with Crippen LogP contribution in [0.2, 0.25) is 0 Å². The number of hydrogen-bond donors (Lipinski definition) is 2. The number of benzene rings is 3. The quantitative estimate of drug-likeness (QED) is 0.391. The van der Waals surface area contributed by atoms with Crippen LogP contribution in [0.15, 0.2) is 72.8 Å². The van der Waals surface area contributed by atoms with Crippen molar-refractivity contribution >= 4 is 23.4 Å². The van der Waals surface area contributed by atoms with Gasteiger partial charge in [0.25, 0.3) is 0 Å². The van der Waals surface area contributed by atoms with Crippen LogP contribution >= 0.6 is 0 Å². The van der Waals surface area contributed by atoms with Gasteiger partial charge in [-0.3, -0.25) is 15.0 Å². The Morgan fingerprint density at radius 1 is 0.895 bits per heavy atom. The van der Waals surface area contributed by atoms with Gasteiger partial charge in [0.1, 0.15) is 6.10 Å². The number of likely N-dealkylation sites (N-methyl/N-ethyl adjacent to an activating group) is 1. The molecule has 38 heavy (non-hydrogen) atoms. The second-order valence-electron chi connectivity index (χ2n) is 10.0. The Kier molecular flexibility index (Phi) is 9.51. The zero-order chi connectivity index (χ0) is 26.9. The van der Waals surface area contributed by atoms with Gasteiger partial charge in [0.2, 0.25) is 5.91 Å². The molecule has 1 saturated heterocycles. The third kappa shape index (κ3) is 7.66. The summed E-state index contributed by atoms with van der Waals surface area (Å²) < 4.78 is 5.75. The first-order valence-electron chi connectivity index (χ1n) is 13.3. The number of rotatable bonds is 9. The van der Waals surface area contributed by atoms with Crippen molar-refractivity contribution in [2.75, 3.05) is 50.4 Å². The lowest BCUT2D eigenvalue weighted by Gasteiger charge is -2.32. The summed E-state index contributed by atoms with van der Waals surface area (Å²) in [6, 6.07) is 23.8. The van der Waals surface area contributed by atoms with Crippen molar-refractivity contribution in [2.24, 2.45) is 0 Å². The van der Waals surface area contributed by atoms with Crippen molar-refractivity contribution in [3.8, 4) is 11.1 Å². The van der Waals surface area contributed by atoms with Crippen molar-refractivity contribution in [1.29, 1.82) is 0 Å². The fourth-order valence-electron chi connectivity index (χ4n) is 4.83. The molecule has 2 amide bonds. The third-order valence-electron chi connectivity index (χ3n) is 7.01. The molecule has 3 aromatic carbocycles. The van der Waals surface area contributed by atoms with Gasteiger partial charge in [-0.15, -0.1) is 0 Å². The molecule has 0 unspecified atom stereocenters. The second-order valence-corrected chi connectivity index (χ2v) is 10.0. The number of carbonyl (C=O) groups is 2. The van der Waals surface area contributed by atoms with E-state index in [0.29, 0.717) is 6.54 Å². The molecule has 7 heteroatoms. The molecule has 0 aliphatic carbocycles. The van der Waals surface area contributed by atoms with E-state index in [-0.39, 0.29) is 12.0 Å². The molecule has 2 N–H and O–H groups in total. The van der Waals surface area contributed by atoms with Gasteiger partial charge < -0.3 is 15.0 Å². The van der Waals surface area contributed by atoms with Crippen LogP contribution in [0.5, 0.6) is 0 Å². The first-order chi connectivity index (χ1) is 18.4. The van der Waals surface area contributed by atoms with E-state index in [9.17, 15) is 9.59 Å². The van der Waals surface area contributed by atoms with E-state index in [4.69, 9.17) is 4.74 Å². The zero-order valence-electron chi connectivity index (χ0n) is 22.6. The van der Waals surface area contributed by atoms with Crippen molar-refractivity contribution in [1.82, 2.24) is 9.80 Å². The van der Waals surface area contributed by atoms with Gasteiger partial charge in [-0.25, -0.2) is 4.79 Å². The lowest BCUT2D eigenvalue weighted by atomic mass is 10.0. The summed E-state index contributed by atoms with van der Waals surface area (Å²) in [5, 5.41) is 5.98. The first-order valence-corrected chi connectivity index (χ1v) is 13.3. The summed E-state index contributed by atoms with van der Waals surface area (Å²) in [4.78, 5) is 29.6. The largest absolute Gasteiger partial charge is 0.446 e. The molecule has 1 aliphatic rings. The fraction of sp³-hybridized carbons (Fsp3) is 0.355. The maximum atomic E-state index is 12.6. The fourth-order valence-corrected chi connectivity index (χ4v) is 4.83. The van der Waals surface area contributed by atoms with E-state index in [2.05, 4.69) is 15.5 Å². The molecule has 0 aromatic heterocycles. The number of ether oxygens (including phenoxy) is 1. The Balaban J connectivity index is 1.17. The monoisotopic (exact) mass is 514 g/mol. The highest BCUT2D eigenvalue weighted by Gasteiger charge is 2.23. The Bertz CT molecular complexity index is 1200. The minimum Gasteiger partial charge on any atom is -0.446 e. The van der Waals surface area contributed by atoms with Crippen molar-refractivity contribution < 1.29 is 14.3 Å². The average molecular weight is 515 g/mol. The van der Waals surface area contributed by atoms with Crippen LogP contribution in [0.1, 0.15) is 24.0 Å². The molecular formula is C31H38N4O3. The van der Waals surface area contributed by atoms with Crippen LogP contribution in [-0.4, -0.2) is 67.7 Å². The summed E-state index contributed by atoms with van der Waals surface area (Å²) in [5.74, 6) is -0.00291. The van der Waals surface area contributed by atoms with Gasteiger partial charge in [-0.2, -0.15) is 0 Å². The van der Waals surface area contributed by atoms with E-state index in [1.165, 1.54) is 0 Å². The Labute approximate surface area is 225 Å². The van der Waals surface area contributed by atoms with Crippen molar-refractivity contribution in [3.63, 3.8) is 0 Å². The number of hydrogen-bond acceptors (Lipinski definition) is 5. The number of nitrogens with one attached hydrogen (secondary N) is 2. The first kappa shape index (κ1) is 27.4. The van der Waals surface area contributed by atoms with Crippen LogP contribution in [0.25, 0.3) is 11.1 Å². The SMILES string of the molecule is Cc1cccc(C)c1NC(=O)CN(C)CCN1CCC(OC(=O)Nc2ccccc2-c2ccccc2)CC1. The third-order valence-corrected chi connectivity index (χ3v) is 7.01. The molecule has 0 bridgehead atoms. The van der Waals surface area contributed by atoms with Gasteiger partial charge in [-0.05, 0) is 56.5 Å². The minimum atomic E-state index is -0.415. The smallest absolute Gasteiger partial charge is 0.411 e. The highest BCUT2D eigenvalue weighted by Crippen LogP contribution is 2.28. The maximum Gasteiger partial charge on any atom is 0.411 e. The van der Waals surface area contributed by atoms with Gasteiger partial charge >= 0.3 is 6.09 Å². The predicted molar refractivity (Wildman–Crippen MR) is 153 cm³/mol. The van der Waals surface area contributed by atoms with Crippen LogP contribution in [0.3, 0.4) is 0 Å². The average Bonchev–Trinajstić information content (AvgIpc) is 2.91. The predicted octanol–water partition coefficient (Wildman–Crippen LogP) is 5.55. The normalized spacial score (nSPS) is 14.3. The molecule has 7 nitrogen and oxygen atoms in total. The molecule has 4 rings (SSSR count). The second kappa shape index (κ2) is 13.2. The zero-order valence-corrected chi connectivity index (χ0v) is 22.6. The van der Waals surface area contributed by atoms with Crippen LogP contribution in [0.4, 0.5) is 16.2 Å². The van der Waals surface area contributed by atoms with Crippen molar-refractivity contribution in [3.05, 3.63) is 83.9 Å². The van der Waals surface area contributed by atoms with E-state index in [0.717, 1.165) is 72.6 Å². The summed E-state index contributed by atoms with van der Waals surface area (Å²) in [7, 11) is 1.97. The van der Waals surface area contributed by atoms with E-state index >= 15 is 0 Å².